The van der Waals surface area contributed by atoms with E-state index < -0.39 is 5.82 Å². The van der Waals surface area contributed by atoms with Gasteiger partial charge in [-0.05, 0) is 42.4 Å². The molecule has 36 heavy (non-hydrogen) atoms. The molecule has 2 aromatic carbocycles. The fourth-order valence-corrected chi connectivity index (χ4v) is 4.84. The van der Waals surface area contributed by atoms with Crippen molar-refractivity contribution in [2.24, 2.45) is 0 Å². The maximum Gasteiger partial charge on any atom is 0.251 e. The maximum atomic E-state index is 14.8. The number of halogens is 2. The van der Waals surface area contributed by atoms with Gasteiger partial charge in [0.05, 0.1) is 11.9 Å². The van der Waals surface area contributed by atoms with Gasteiger partial charge in [-0.3, -0.25) is 4.79 Å². The van der Waals surface area contributed by atoms with Gasteiger partial charge in [0.1, 0.15) is 11.5 Å². The van der Waals surface area contributed by atoms with E-state index in [4.69, 9.17) is 0 Å². The number of amides is 1. The third-order valence-corrected chi connectivity index (χ3v) is 7.06. The highest BCUT2D eigenvalue weighted by Gasteiger charge is 2.32. The molecule has 7 nitrogen and oxygen atoms in total. The van der Waals surface area contributed by atoms with E-state index in [1.165, 1.54) is 6.07 Å². The number of benzene rings is 2. The molecular formula is C27H30F2N6O. The molecule has 3 aromatic rings. The number of likely N-dealkylation sites (N-methyl/N-ethyl adjacent to an activating group) is 1. The van der Waals surface area contributed by atoms with Crippen molar-refractivity contribution in [3.05, 3.63) is 65.4 Å². The van der Waals surface area contributed by atoms with Crippen molar-refractivity contribution in [3.8, 4) is 11.3 Å². The second-order valence-corrected chi connectivity index (χ2v) is 9.93. The largest absolute Gasteiger partial charge is 0.367 e. The van der Waals surface area contributed by atoms with Crippen LogP contribution in [0.5, 0.6) is 0 Å². The molecule has 2 aliphatic heterocycles. The van der Waals surface area contributed by atoms with Gasteiger partial charge in [-0.25, -0.2) is 18.7 Å². The van der Waals surface area contributed by atoms with Gasteiger partial charge < -0.3 is 20.4 Å². The highest BCUT2D eigenvalue weighted by Crippen LogP contribution is 2.34. The number of anilines is 3. The van der Waals surface area contributed by atoms with Crippen LogP contribution in [0.1, 0.15) is 36.7 Å². The maximum absolute atomic E-state index is 14.8. The Morgan fingerprint density at radius 3 is 2.58 bits per heavy atom. The van der Waals surface area contributed by atoms with Crippen molar-refractivity contribution in [1.29, 1.82) is 0 Å². The van der Waals surface area contributed by atoms with Crippen LogP contribution in [0.3, 0.4) is 0 Å². The summed E-state index contributed by atoms with van der Waals surface area (Å²) in [4.78, 5) is 25.2. The predicted molar refractivity (Wildman–Crippen MR) is 137 cm³/mol. The van der Waals surface area contributed by atoms with Crippen LogP contribution >= 0.6 is 0 Å². The summed E-state index contributed by atoms with van der Waals surface area (Å²) in [5.74, 6) is -0.779. The Morgan fingerprint density at radius 1 is 1.06 bits per heavy atom. The average molecular weight is 493 g/mol. The molecule has 2 N–H and O–H groups in total. The molecule has 0 saturated carbocycles. The Hall–Kier alpha value is -3.59. The van der Waals surface area contributed by atoms with Gasteiger partial charge in [-0.1, -0.05) is 26.8 Å². The summed E-state index contributed by atoms with van der Waals surface area (Å²) in [6.45, 7) is 10.9. The Labute approximate surface area is 209 Å². The normalized spacial score (nSPS) is 17.5. The molecule has 2 aliphatic rings. The van der Waals surface area contributed by atoms with Crippen LogP contribution in [0.2, 0.25) is 0 Å². The first kappa shape index (κ1) is 24.1. The lowest BCUT2D eigenvalue weighted by Gasteiger charge is -2.35. The van der Waals surface area contributed by atoms with E-state index in [1.54, 1.807) is 24.3 Å². The van der Waals surface area contributed by atoms with Crippen LogP contribution in [0.25, 0.3) is 11.3 Å². The van der Waals surface area contributed by atoms with E-state index in [-0.39, 0.29) is 28.8 Å². The van der Waals surface area contributed by atoms with Crippen LogP contribution < -0.4 is 15.5 Å². The summed E-state index contributed by atoms with van der Waals surface area (Å²) in [5, 5.41) is 5.99. The molecule has 188 valence electrons. The first-order chi connectivity index (χ1) is 17.2. The summed E-state index contributed by atoms with van der Waals surface area (Å²) in [6, 6.07) is 10.0. The fraction of sp³-hybridized carbons (Fsp3) is 0.370. The first-order valence-electron chi connectivity index (χ1n) is 12.2. The zero-order chi connectivity index (χ0) is 25.4. The molecule has 9 heteroatoms. The van der Waals surface area contributed by atoms with Crippen molar-refractivity contribution >= 4 is 23.2 Å². The lowest BCUT2D eigenvalue weighted by Crippen LogP contribution is -2.46. The number of nitrogens with zero attached hydrogens (tertiary/aromatic N) is 4. The van der Waals surface area contributed by atoms with E-state index in [9.17, 15) is 13.6 Å². The summed E-state index contributed by atoms with van der Waals surface area (Å²) in [7, 11) is 0. The van der Waals surface area contributed by atoms with Gasteiger partial charge in [0.15, 0.2) is 5.82 Å². The number of piperazine rings is 1. The van der Waals surface area contributed by atoms with Crippen molar-refractivity contribution in [3.63, 3.8) is 0 Å². The number of hydrogen-bond acceptors (Lipinski definition) is 6. The van der Waals surface area contributed by atoms with Crippen LogP contribution in [0.15, 0.2) is 42.6 Å². The molecule has 1 amide bonds. The molecular weight excluding hydrogens is 462 g/mol. The Morgan fingerprint density at radius 2 is 1.83 bits per heavy atom. The van der Waals surface area contributed by atoms with E-state index in [1.807, 2.05) is 24.8 Å². The second kappa shape index (κ2) is 9.46. The third kappa shape index (κ3) is 4.63. The molecule has 0 bridgehead atoms. The smallest absolute Gasteiger partial charge is 0.251 e. The minimum absolute atomic E-state index is 0.134. The van der Waals surface area contributed by atoms with Crippen LogP contribution in [0, 0.1) is 11.6 Å². The molecule has 0 aliphatic carbocycles. The Kier molecular flexibility index (Phi) is 6.34. The van der Waals surface area contributed by atoms with E-state index in [0.29, 0.717) is 29.0 Å². The lowest BCUT2D eigenvalue weighted by molar-refractivity contribution is 0.0930. The van der Waals surface area contributed by atoms with Crippen molar-refractivity contribution < 1.29 is 13.6 Å². The monoisotopic (exact) mass is 492 g/mol. The quantitative estimate of drug-likeness (QED) is 0.553. The molecule has 1 fully saturated rings. The summed E-state index contributed by atoms with van der Waals surface area (Å²) in [5.41, 5.74) is 2.97. The van der Waals surface area contributed by atoms with Gasteiger partial charge in [-0.2, -0.15) is 0 Å². The zero-order valence-corrected chi connectivity index (χ0v) is 20.7. The minimum atomic E-state index is -0.563. The van der Waals surface area contributed by atoms with E-state index in [0.717, 1.165) is 44.5 Å². The second-order valence-electron chi connectivity index (χ2n) is 9.93. The van der Waals surface area contributed by atoms with Crippen LogP contribution in [-0.4, -0.2) is 60.0 Å². The van der Waals surface area contributed by atoms with Gasteiger partial charge in [0.2, 0.25) is 5.95 Å². The van der Waals surface area contributed by atoms with Gasteiger partial charge >= 0.3 is 0 Å². The number of hydrogen-bond donors (Lipinski definition) is 2. The van der Waals surface area contributed by atoms with Gasteiger partial charge in [0.25, 0.3) is 5.91 Å². The highest BCUT2D eigenvalue weighted by molar-refractivity contribution is 5.98. The molecule has 0 radical (unpaired) electrons. The van der Waals surface area contributed by atoms with E-state index >= 15 is 0 Å². The summed E-state index contributed by atoms with van der Waals surface area (Å²) < 4.78 is 29.5. The number of carbonyl (C=O) groups excluding carboxylic acids is 1. The molecule has 0 unspecified atom stereocenters. The van der Waals surface area contributed by atoms with Crippen LogP contribution in [-0.2, 0) is 5.41 Å². The van der Waals surface area contributed by atoms with Crippen molar-refractivity contribution in [2.75, 3.05) is 49.5 Å². The third-order valence-electron chi connectivity index (χ3n) is 7.06. The molecule has 0 atom stereocenters. The number of carbonyl (C=O) groups is 1. The Bertz CT molecular complexity index is 1300. The van der Waals surface area contributed by atoms with E-state index in [2.05, 4.69) is 32.4 Å². The number of nitrogens with one attached hydrogen (secondary N) is 2. The number of aromatic nitrogens is 2. The number of rotatable bonds is 5. The summed E-state index contributed by atoms with van der Waals surface area (Å²) in [6.07, 6.45) is 1.12. The molecule has 5 rings (SSSR count). The average Bonchev–Trinajstić information content (AvgIpc) is 2.88. The van der Waals surface area contributed by atoms with Gasteiger partial charge in [0, 0.05) is 55.0 Å². The summed E-state index contributed by atoms with van der Waals surface area (Å²) >= 11 is 0. The highest BCUT2D eigenvalue weighted by atomic mass is 19.1. The fourth-order valence-electron chi connectivity index (χ4n) is 4.84. The molecule has 3 heterocycles. The lowest BCUT2D eigenvalue weighted by atomic mass is 9.78. The van der Waals surface area contributed by atoms with Crippen LogP contribution in [0.4, 0.5) is 26.1 Å². The number of fused-ring (bicyclic) bond motifs is 1. The predicted octanol–water partition coefficient (Wildman–Crippen LogP) is 4.33. The zero-order valence-electron chi connectivity index (χ0n) is 20.7. The molecule has 1 saturated heterocycles. The van der Waals surface area contributed by atoms with Crippen molar-refractivity contribution in [1.82, 2.24) is 20.2 Å². The van der Waals surface area contributed by atoms with Crippen molar-refractivity contribution in [2.45, 2.75) is 26.2 Å². The topological polar surface area (TPSA) is 73.4 Å². The standard InChI is InChI=1S/C27H30F2N6O/c1-4-34-9-11-35(12-10-34)23-14-18(6-8-21(23)28)32-26-30-15-22(29)24(33-26)17-5-7-19-20(13-17)27(2,3)16-31-25(19)36/h5-8,13-15H,4,9-12,16H2,1-3H3,(H,31,36)(H,30,32,33). The van der Waals surface area contributed by atoms with Gasteiger partial charge in [-0.15, -0.1) is 0 Å². The molecule has 0 spiro atoms. The first-order valence-corrected chi connectivity index (χ1v) is 12.2. The Balaban J connectivity index is 1.42. The molecule has 1 aromatic heterocycles. The SMILES string of the molecule is CCN1CCN(c2cc(Nc3ncc(F)c(-c4ccc5c(c4)C(C)(C)CNC5=O)n3)ccc2F)CC1. The minimum Gasteiger partial charge on any atom is -0.367 e.